The van der Waals surface area contributed by atoms with Gasteiger partial charge < -0.3 is 19.1 Å². The molecule has 1 amide bonds. The van der Waals surface area contributed by atoms with Gasteiger partial charge in [-0.1, -0.05) is 65.3 Å². The number of carboxylic acid groups (broad SMARTS) is 1. The highest BCUT2D eigenvalue weighted by Crippen LogP contribution is 2.32. The van der Waals surface area contributed by atoms with Crippen LogP contribution in [0.15, 0.2) is 77.4 Å². The molecule has 0 aliphatic heterocycles. The average molecular weight is 540 g/mol. The first kappa shape index (κ1) is 26.6. The Labute approximate surface area is 222 Å². The summed E-state index contributed by atoms with van der Waals surface area (Å²) < 4.78 is 30.0. The van der Waals surface area contributed by atoms with E-state index in [0.717, 1.165) is 5.56 Å². The van der Waals surface area contributed by atoms with Crippen molar-refractivity contribution in [1.82, 2.24) is 10.1 Å². The molecule has 2 atom stereocenters. The van der Waals surface area contributed by atoms with Gasteiger partial charge in [0.05, 0.1) is 0 Å². The number of halogens is 2. The van der Waals surface area contributed by atoms with Crippen molar-refractivity contribution in [2.45, 2.75) is 32.0 Å². The summed E-state index contributed by atoms with van der Waals surface area (Å²) in [6, 6.07) is 17.7. The van der Waals surface area contributed by atoms with Crippen LogP contribution in [0.3, 0.4) is 0 Å². The second-order valence-corrected chi connectivity index (χ2v) is 8.97. The SMILES string of the molecule is CC(OC(=O)Nc1c(-c2ccc(OC(C)(Cc3ccccc3)C(=O)O)nc2)noc1F)c1ccccc1Cl. The van der Waals surface area contributed by atoms with E-state index in [0.29, 0.717) is 10.6 Å². The lowest BCUT2D eigenvalue weighted by Crippen LogP contribution is -2.43. The van der Waals surface area contributed by atoms with E-state index in [4.69, 9.17) is 21.1 Å². The minimum Gasteiger partial charge on any atom is -0.478 e. The van der Waals surface area contributed by atoms with E-state index in [1.165, 1.54) is 25.3 Å². The van der Waals surface area contributed by atoms with Gasteiger partial charge in [0, 0.05) is 34.8 Å². The van der Waals surface area contributed by atoms with Crippen molar-refractivity contribution in [2.24, 2.45) is 0 Å². The van der Waals surface area contributed by atoms with E-state index in [9.17, 15) is 19.1 Å². The number of hydrogen-bond donors (Lipinski definition) is 2. The molecule has 4 aromatic rings. The van der Waals surface area contributed by atoms with Gasteiger partial charge in [0.15, 0.2) is 5.69 Å². The van der Waals surface area contributed by atoms with Crippen LogP contribution in [0.5, 0.6) is 5.88 Å². The number of anilines is 1. The zero-order valence-corrected chi connectivity index (χ0v) is 21.1. The molecule has 0 saturated heterocycles. The van der Waals surface area contributed by atoms with Gasteiger partial charge in [-0.3, -0.25) is 5.32 Å². The molecule has 0 aliphatic carbocycles. The van der Waals surface area contributed by atoms with Crippen LogP contribution >= 0.6 is 11.6 Å². The Hall–Kier alpha value is -4.44. The van der Waals surface area contributed by atoms with Gasteiger partial charge in [-0.05, 0) is 31.5 Å². The second kappa shape index (κ2) is 11.3. The zero-order valence-electron chi connectivity index (χ0n) is 20.4. The largest absolute Gasteiger partial charge is 0.478 e. The Morgan fingerprint density at radius 1 is 1.13 bits per heavy atom. The minimum atomic E-state index is -1.59. The number of carbonyl (C=O) groups is 2. The molecule has 0 radical (unpaired) electrons. The second-order valence-electron chi connectivity index (χ2n) is 8.56. The van der Waals surface area contributed by atoms with Gasteiger partial charge in [-0.15, -0.1) is 0 Å². The number of ether oxygens (including phenoxy) is 2. The maximum atomic E-state index is 14.3. The summed E-state index contributed by atoms with van der Waals surface area (Å²) in [4.78, 5) is 28.6. The van der Waals surface area contributed by atoms with Crippen molar-refractivity contribution in [3.63, 3.8) is 0 Å². The first-order valence-electron chi connectivity index (χ1n) is 11.5. The number of rotatable bonds is 9. The van der Waals surface area contributed by atoms with Crippen molar-refractivity contribution >= 4 is 29.4 Å². The molecule has 11 heteroatoms. The van der Waals surface area contributed by atoms with Crippen LogP contribution in [-0.4, -0.2) is 32.9 Å². The molecule has 2 N–H and O–H groups in total. The summed E-state index contributed by atoms with van der Waals surface area (Å²) in [6.45, 7) is 3.07. The van der Waals surface area contributed by atoms with Crippen molar-refractivity contribution in [2.75, 3.05) is 5.32 Å². The van der Waals surface area contributed by atoms with Gasteiger partial charge in [0.2, 0.25) is 11.5 Å². The van der Waals surface area contributed by atoms with Crippen LogP contribution in [0.4, 0.5) is 14.9 Å². The van der Waals surface area contributed by atoms with Crippen LogP contribution in [0.2, 0.25) is 5.02 Å². The maximum absolute atomic E-state index is 14.3. The molecule has 2 heterocycles. The normalized spacial score (nSPS) is 13.3. The number of amides is 1. The summed E-state index contributed by atoms with van der Waals surface area (Å²) in [7, 11) is 0. The molecular weight excluding hydrogens is 517 g/mol. The molecule has 0 spiro atoms. The summed E-state index contributed by atoms with van der Waals surface area (Å²) in [5.41, 5.74) is -0.357. The number of nitrogens with zero attached hydrogens (tertiary/aromatic N) is 2. The molecule has 196 valence electrons. The molecule has 0 bridgehead atoms. The molecule has 4 rings (SSSR count). The maximum Gasteiger partial charge on any atom is 0.412 e. The third kappa shape index (κ3) is 6.09. The number of pyridine rings is 1. The Balaban J connectivity index is 1.48. The van der Waals surface area contributed by atoms with Gasteiger partial charge in [-0.25, -0.2) is 14.6 Å². The zero-order chi connectivity index (χ0) is 27.3. The van der Waals surface area contributed by atoms with E-state index >= 15 is 0 Å². The lowest BCUT2D eigenvalue weighted by Gasteiger charge is -2.25. The van der Waals surface area contributed by atoms with E-state index in [-0.39, 0.29) is 29.2 Å². The van der Waals surface area contributed by atoms with Crippen molar-refractivity contribution in [3.8, 4) is 17.1 Å². The topological polar surface area (TPSA) is 124 Å². The monoisotopic (exact) mass is 539 g/mol. The van der Waals surface area contributed by atoms with Crippen molar-refractivity contribution in [1.29, 1.82) is 0 Å². The van der Waals surface area contributed by atoms with Gasteiger partial charge >= 0.3 is 18.1 Å². The number of aliphatic carboxylic acids is 1. The first-order valence-corrected chi connectivity index (χ1v) is 11.8. The molecular formula is C27H23ClFN3O6. The van der Waals surface area contributed by atoms with Crippen molar-refractivity contribution < 1.29 is 33.1 Å². The summed E-state index contributed by atoms with van der Waals surface area (Å²) in [5, 5.41) is 16.2. The molecule has 0 fully saturated rings. The fraction of sp³-hybridized carbons (Fsp3) is 0.185. The fourth-order valence-electron chi connectivity index (χ4n) is 3.69. The molecule has 38 heavy (non-hydrogen) atoms. The predicted molar refractivity (Wildman–Crippen MR) is 136 cm³/mol. The Morgan fingerprint density at radius 2 is 1.84 bits per heavy atom. The number of nitrogens with one attached hydrogen (secondary N) is 1. The Morgan fingerprint density at radius 3 is 2.50 bits per heavy atom. The lowest BCUT2D eigenvalue weighted by atomic mass is 9.96. The highest BCUT2D eigenvalue weighted by Gasteiger charge is 2.36. The molecule has 0 aliphatic rings. The van der Waals surface area contributed by atoms with E-state index in [2.05, 4.69) is 20.0 Å². The van der Waals surface area contributed by atoms with Crippen LogP contribution < -0.4 is 10.1 Å². The lowest BCUT2D eigenvalue weighted by molar-refractivity contribution is -0.153. The molecule has 2 unspecified atom stereocenters. The summed E-state index contributed by atoms with van der Waals surface area (Å²) >= 11 is 6.14. The number of carboxylic acids is 1. The molecule has 2 aromatic heterocycles. The van der Waals surface area contributed by atoms with Crippen LogP contribution in [0.1, 0.15) is 31.1 Å². The highest BCUT2D eigenvalue weighted by molar-refractivity contribution is 6.31. The minimum absolute atomic E-state index is 0.0287. The van der Waals surface area contributed by atoms with Gasteiger partial charge in [0.25, 0.3) is 0 Å². The fourth-order valence-corrected chi connectivity index (χ4v) is 3.98. The number of benzene rings is 2. The predicted octanol–water partition coefficient (Wildman–Crippen LogP) is 6.30. The standard InChI is InChI=1S/C27H23ClFN3O6/c1-16(19-10-6-7-11-20(19)28)36-26(35)31-23-22(32-38-24(23)29)18-12-13-21(30-15-18)37-27(2,25(33)34)14-17-8-4-3-5-9-17/h3-13,15-16H,14H2,1-2H3,(H,31,35)(H,33,34). The molecule has 2 aromatic carbocycles. The van der Waals surface area contributed by atoms with E-state index in [1.807, 2.05) is 6.07 Å². The van der Waals surface area contributed by atoms with Crippen molar-refractivity contribution in [3.05, 3.63) is 95.1 Å². The Kier molecular flexibility index (Phi) is 7.92. The molecule has 9 nitrogen and oxygen atoms in total. The number of hydrogen-bond acceptors (Lipinski definition) is 7. The third-order valence-electron chi connectivity index (χ3n) is 5.68. The van der Waals surface area contributed by atoms with Crippen LogP contribution in [0, 0.1) is 6.01 Å². The smallest absolute Gasteiger partial charge is 0.412 e. The van der Waals surface area contributed by atoms with Gasteiger partial charge in [0.1, 0.15) is 11.8 Å². The first-order chi connectivity index (χ1) is 18.2. The van der Waals surface area contributed by atoms with E-state index in [1.54, 1.807) is 55.5 Å². The summed E-state index contributed by atoms with van der Waals surface area (Å²) in [6.07, 6.45) is -0.274. The Bertz CT molecular complexity index is 1430. The van der Waals surface area contributed by atoms with Crippen LogP contribution in [0.25, 0.3) is 11.3 Å². The van der Waals surface area contributed by atoms with Gasteiger partial charge in [-0.2, -0.15) is 4.39 Å². The number of carbonyl (C=O) groups excluding carboxylic acids is 1. The summed E-state index contributed by atoms with van der Waals surface area (Å²) in [5.74, 6) is -1.14. The number of aromatic nitrogens is 2. The quantitative estimate of drug-likeness (QED) is 0.254. The highest BCUT2D eigenvalue weighted by atomic mass is 35.5. The van der Waals surface area contributed by atoms with Crippen LogP contribution in [-0.2, 0) is 16.0 Å². The average Bonchev–Trinajstić information content (AvgIpc) is 3.24. The van der Waals surface area contributed by atoms with E-state index < -0.39 is 29.8 Å². The molecule has 0 saturated carbocycles. The third-order valence-corrected chi connectivity index (χ3v) is 6.03.